The normalized spacial score (nSPS) is 28.3. The van der Waals surface area contributed by atoms with Crippen molar-refractivity contribution in [1.29, 1.82) is 0 Å². The Labute approximate surface area is 192 Å². The molecular weight excluding hydrogens is 468 g/mol. The largest absolute Gasteiger partial charge is 0.511 e. The monoisotopic (exact) mass is 494 g/mol. The second-order valence-corrected chi connectivity index (χ2v) is 12.7. The topological polar surface area (TPSA) is 154 Å². The fourth-order valence-corrected chi connectivity index (χ4v) is 6.91. The molecule has 2 atom stereocenters. The molecule has 4 N–H and O–H groups in total. The zero-order valence-electron chi connectivity index (χ0n) is 18.1. The maximum atomic E-state index is 13.1. The van der Waals surface area contributed by atoms with E-state index < -0.39 is 31.5 Å². The van der Waals surface area contributed by atoms with Crippen LogP contribution in [0, 0.1) is 11.8 Å². The van der Waals surface area contributed by atoms with Crippen molar-refractivity contribution < 1.29 is 26.7 Å². The Hall–Kier alpha value is -2.60. The van der Waals surface area contributed by atoms with Gasteiger partial charge in [0.1, 0.15) is 16.2 Å². The highest BCUT2D eigenvalue weighted by molar-refractivity contribution is 7.92. The van der Waals surface area contributed by atoms with Crippen molar-refractivity contribution in [3.05, 3.63) is 29.5 Å². The number of carbonyl (C=O) groups excluding carboxylic acids is 1. The first kappa shape index (κ1) is 22.2. The number of amides is 1. The summed E-state index contributed by atoms with van der Waals surface area (Å²) < 4.78 is 54.7. The molecule has 0 unspecified atom stereocenters. The highest BCUT2D eigenvalue weighted by Crippen LogP contribution is 2.48. The van der Waals surface area contributed by atoms with Crippen LogP contribution in [-0.2, 0) is 24.8 Å². The summed E-state index contributed by atoms with van der Waals surface area (Å²) in [7, 11) is -7.85. The molecule has 2 aliphatic heterocycles. The zero-order valence-corrected chi connectivity index (χ0v) is 19.7. The molecule has 0 radical (unpaired) electrons. The van der Waals surface area contributed by atoms with Crippen LogP contribution in [0.15, 0.2) is 38.8 Å². The van der Waals surface area contributed by atoms with Crippen molar-refractivity contribution in [1.82, 2.24) is 5.32 Å². The summed E-state index contributed by atoms with van der Waals surface area (Å²) in [4.78, 5) is 12.9. The third-order valence-electron chi connectivity index (χ3n) is 6.92. The van der Waals surface area contributed by atoms with Gasteiger partial charge >= 0.3 is 0 Å². The van der Waals surface area contributed by atoms with Crippen LogP contribution in [0.5, 0.6) is 0 Å². The number of nitrogens with one attached hydrogen (secondary N) is 3. The number of carbonyl (C=O) groups is 1. The summed E-state index contributed by atoms with van der Waals surface area (Å²) in [6, 6.07) is 3.96. The predicted molar refractivity (Wildman–Crippen MR) is 123 cm³/mol. The number of hydrogen-bond donors (Lipinski definition) is 4. The fraction of sp³-hybridized carbons (Fsp3) is 0.524. The molecule has 0 bridgehead atoms. The lowest BCUT2D eigenvalue weighted by Gasteiger charge is -2.41. The first-order chi connectivity index (χ1) is 15.5. The van der Waals surface area contributed by atoms with Crippen LogP contribution in [0.4, 0.5) is 11.4 Å². The van der Waals surface area contributed by atoms with E-state index in [-0.39, 0.29) is 39.4 Å². The van der Waals surface area contributed by atoms with E-state index in [1.807, 2.05) is 0 Å². The SMILES string of the molecule is CS(=O)(=O)Nc1ccc2c(c1)S(=O)(=O)N=C(C1=C(O)[C@H]3CCC[C@@]3(CCC3CC3)NC1=O)N2. The second-order valence-electron chi connectivity index (χ2n) is 9.42. The molecule has 1 aromatic carbocycles. The molecule has 5 rings (SSSR count). The third kappa shape index (κ3) is 4.10. The Morgan fingerprint density at radius 3 is 2.73 bits per heavy atom. The minimum absolute atomic E-state index is 0.0733. The average molecular weight is 495 g/mol. The van der Waals surface area contributed by atoms with Gasteiger partial charge in [0.05, 0.1) is 17.5 Å². The maximum absolute atomic E-state index is 13.1. The molecule has 10 nitrogen and oxygen atoms in total. The number of anilines is 2. The Balaban J connectivity index is 1.49. The molecule has 0 aromatic heterocycles. The Bertz CT molecular complexity index is 1310. The van der Waals surface area contributed by atoms with E-state index in [2.05, 4.69) is 19.8 Å². The number of benzene rings is 1. The molecule has 0 spiro atoms. The molecule has 1 aromatic rings. The summed E-state index contributed by atoms with van der Waals surface area (Å²) in [5, 5.41) is 17.1. The number of amidine groups is 1. The van der Waals surface area contributed by atoms with Crippen molar-refractivity contribution in [2.45, 2.75) is 55.4 Å². The van der Waals surface area contributed by atoms with Gasteiger partial charge in [0.2, 0.25) is 10.0 Å². The lowest BCUT2D eigenvalue weighted by Crippen LogP contribution is -2.57. The van der Waals surface area contributed by atoms with Crippen LogP contribution in [0.25, 0.3) is 0 Å². The minimum atomic E-state index is -4.25. The van der Waals surface area contributed by atoms with Crippen molar-refractivity contribution >= 4 is 43.2 Å². The number of aliphatic hydroxyl groups is 1. The lowest BCUT2D eigenvalue weighted by atomic mass is 9.77. The standard InChI is InChI=1S/C21H26N4O6S2/c1-32(28,29)24-13-6-7-15-16(11-13)33(30,31)25-19(22-15)17-18(26)14-3-2-9-21(14,23-20(17)27)10-8-12-4-5-12/h6-7,11-12,14,24,26H,2-5,8-10H2,1H3,(H,22,25)(H,23,27)/t14-,21+/m1/s1. The Morgan fingerprint density at radius 1 is 1.27 bits per heavy atom. The van der Waals surface area contributed by atoms with Gasteiger partial charge in [-0.3, -0.25) is 9.52 Å². The first-order valence-electron chi connectivity index (χ1n) is 11.0. The van der Waals surface area contributed by atoms with Crippen LogP contribution in [-0.4, -0.2) is 45.5 Å². The molecule has 178 valence electrons. The molecule has 2 heterocycles. The van der Waals surface area contributed by atoms with Crippen LogP contribution >= 0.6 is 0 Å². The summed E-state index contributed by atoms with van der Waals surface area (Å²) in [6.07, 6.45) is 7.53. The van der Waals surface area contributed by atoms with Gasteiger partial charge in [0, 0.05) is 11.6 Å². The van der Waals surface area contributed by atoms with E-state index in [4.69, 9.17) is 0 Å². The van der Waals surface area contributed by atoms with Gasteiger partial charge in [-0.25, -0.2) is 8.42 Å². The first-order valence-corrected chi connectivity index (χ1v) is 14.3. The molecule has 0 saturated heterocycles. The number of aliphatic hydroxyl groups excluding tert-OH is 1. The predicted octanol–water partition coefficient (Wildman–Crippen LogP) is 2.24. The summed E-state index contributed by atoms with van der Waals surface area (Å²) in [5.74, 6) is -0.477. The van der Waals surface area contributed by atoms with Crippen LogP contribution in [0.2, 0.25) is 0 Å². The average Bonchev–Trinajstić information content (AvgIpc) is 3.44. The van der Waals surface area contributed by atoms with Crippen LogP contribution < -0.4 is 15.4 Å². The molecule has 2 fully saturated rings. The minimum Gasteiger partial charge on any atom is -0.511 e. The van der Waals surface area contributed by atoms with Gasteiger partial charge in [0.15, 0.2) is 5.84 Å². The van der Waals surface area contributed by atoms with Gasteiger partial charge in [-0.15, -0.1) is 4.40 Å². The van der Waals surface area contributed by atoms with Crippen LogP contribution in [0.3, 0.4) is 0 Å². The molecule has 1 amide bonds. The quantitative estimate of drug-likeness (QED) is 0.473. The second kappa shape index (κ2) is 7.45. The van der Waals surface area contributed by atoms with Crippen molar-refractivity contribution in [3.63, 3.8) is 0 Å². The summed E-state index contributed by atoms with van der Waals surface area (Å²) >= 11 is 0. The fourth-order valence-electron chi connectivity index (χ4n) is 5.20. The van der Waals surface area contributed by atoms with E-state index in [1.54, 1.807) is 0 Å². The number of hydrogen-bond acceptors (Lipinski definition) is 7. The molecule has 2 aliphatic carbocycles. The Kier molecular flexibility index (Phi) is 5.02. The molecular formula is C21H26N4O6S2. The number of fused-ring (bicyclic) bond motifs is 2. The smallest absolute Gasteiger partial charge is 0.286 e. The van der Waals surface area contributed by atoms with E-state index in [1.165, 1.54) is 25.0 Å². The molecule has 12 heteroatoms. The van der Waals surface area contributed by atoms with E-state index in [0.29, 0.717) is 12.3 Å². The third-order valence-corrected chi connectivity index (χ3v) is 8.84. The van der Waals surface area contributed by atoms with Crippen molar-refractivity contribution in [3.8, 4) is 0 Å². The van der Waals surface area contributed by atoms with E-state index in [9.17, 15) is 26.7 Å². The van der Waals surface area contributed by atoms with Gasteiger partial charge in [-0.05, 0) is 49.8 Å². The van der Waals surface area contributed by atoms with Crippen LogP contribution in [0.1, 0.15) is 44.9 Å². The highest BCUT2D eigenvalue weighted by Gasteiger charge is 2.52. The van der Waals surface area contributed by atoms with Gasteiger partial charge in [-0.2, -0.15) is 8.42 Å². The lowest BCUT2D eigenvalue weighted by molar-refractivity contribution is -0.120. The maximum Gasteiger partial charge on any atom is 0.286 e. The highest BCUT2D eigenvalue weighted by atomic mass is 32.2. The summed E-state index contributed by atoms with van der Waals surface area (Å²) in [5.41, 5.74) is -0.435. The molecule has 2 saturated carbocycles. The zero-order chi connectivity index (χ0) is 23.6. The van der Waals surface area contributed by atoms with Gasteiger partial charge < -0.3 is 15.7 Å². The molecule has 33 heavy (non-hydrogen) atoms. The number of sulfonamides is 2. The van der Waals surface area contributed by atoms with Gasteiger partial charge in [-0.1, -0.05) is 19.3 Å². The number of nitrogens with zero attached hydrogens (tertiary/aromatic N) is 1. The van der Waals surface area contributed by atoms with Crippen molar-refractivity contribution in [2.75, 3.05) is 16.3 Å². The van der Waals surface area contributed by atoms with E-state index in [0.717, 1.165) is 38.0 Å². The summed E-state index contributed by atoms with van der Waals surface area (Å²) in [6.45, 7) is 0. The van der Waals surface area contributed by atoms with E-state index >= 15 is 0 Å². The Morgan fingerprint density at radius 2 is 2.03 bits per heavy atom. The molecule has 4 aliphatic rings. The van der Waals surface area contributed by atoms with Gasteiger partial charge in [0.25, 0.3) is 15.9 Å². The number of rotatable bonds is 6. The van der Waals surface area contributed by atoms with Crippen molar-refractivity contribution in [2.24, 2.45) is 16.2 Å².